The van der Waals surface area contributed by atoms with Gasteiger partial charge in [-0.15, -0.1) is 0 Å². The number of aromatic nitrogens is 1. The van der Waals surface area contributed by atoms with Crippen LogP contribution in [0, 0.1) is 0 Å². The van der Waals surface area contributed by atoms with Crippen LogP contribution in [0.2, 0.25) is 5.15 Å². The van der Waals surface area contributed by atoms with Crippen molar-refractivity contribution in [3.63, 3.8) is 0 Å². The third kappa shape index (κ3) is 2.30. The van der Waals surface area contributed by atoms with Crippen molar-refractivity contribution in [2.45, 2.75) is 11.8 Å². The first-order valence-corrected chi connectivity index (χ1v) is 5.54. The number of hydrogen-bond acceptors (Lipinski definition) is 3. The van der Waals surface area contributed by atoms with Gasteiger partial charge >= 0.3 is 5.97 Å². The molecule has 4 nitrogen and oxygen atoms in total. The van der Waals surface area contributed by atoms with Gasteiger partial charge in [-0.3, -0.25) is 4.21 Å². The molecule has 1 heterocycles. The minimum absolute atomic E-state index is 0.0826. The Morgan fingerprint density at radius 1 is 1.64 bits per heavy atom. The molecule has 0 aromatic carbocycles. The second kappa shape index (κ2) is 4.52. The van der Waals surface area contributed by atoms with E-state index in [-0.39, 0.29) is 15.7 Å². The van der Waals surface area contributed by atoms with E-state index in [0.717, 1.165) is 0 Å². The molecule has 1 aromatic rings. The van der Waals surface area contributed by atoms with Crippen molar-refractivity contribution >= 4 is 28.4 Å². The highest BCUT2D eigenvalue weighted by molar-refractivity contribution is 7.85. The van der Waals surface area contributed by atoms with Crippen LogP contribution in [0.1, 0.15) is 17.4 Å². The Balaban J connectivity index is 3.28. The molecule has 0 aliphatic heterocycles. The zero-order chi connectivity index (χ0) is 10.7. The van der Waals surface area contributed by atoms with Gasteiger partial charge in [-0.25, -0.2) is 9.78 Å². The van der Waals surface area contributed by atoms with Crippen LogP contribution in [0.5, 0.6) is 0 Å². The Morgan fingerprint density at radius 3 is 2.79 bits per heavy atom. The Bertz CT molecular complexity index is 394. The molecule has 0 saturated heterocycles. The molecule has 0 bridgehead atoms. The summed E-state index contributed by atoms with van der Waals surface area (Å²) in [7, 11) is -1.33. The second-order valence-electron chi connectivity index (χ2n) is 2.42. The Kier molecular flexibility index (Phi) is 3.60. The first-order chi connectivity index (χ1) is 6.56. The maximum atomic E-state index is 11.4. The van der Waals surface area contributed by atoms with Crippen molar-refractivity contribution in [2.24, 2.45) is 0 Å². The summed E-state index contributed by atoms with van der Waals surface area (Å²) in [6.45, 7) is 1.70. The molecule has 6 heteroatoms. The monoisotopic (exact) mass is 233 g/mol. The fourth-order valence-electron chi connectivity index (χ4n) is 0.915. The number of pyridine rings is 1. The van der Waals surface area contributed by atoms with Gasteiger partial charge < -0.3 is 5.11 Å². The van der Waals surface area contributed by atoms with Crippen LogP contribution in [-0.2, 0) is 10.8 Å². The quantitative estimate of drug-likeness (QED) is 0.805. The van der Waals surface area contributed by atoms with Crippen molar-refractivity contribution in [2.75, 3.05) is 5.75 Å². The lowest BCUT2D eigenvalue weighted by Crippen LogP contribution is -2.08. The van der Waals surface area contributed by atoms with Gasteiger partial charge in [0.15, 0.2) is 5.69 Å². The van der Waals surface area contributed by atoms with E-state index in [0.29, 0.717) is 5.75 Å². The molecule has 1 N–H and O–H groups in total. The van der Waals surface area contributed by atoms with Gasteiger partial charge in [-0.1, -0.05) is 18.5 Å². The highest BCUT2D eigenvalue weighted by Gasteiger charge is 2.16. The molecule has 0 aliphatic carbocycles. The standard InChI is InChI=1S/C8H8ClNO3S/c1-2-14(13)5-3-4-6(9)10-7(5)8(11)12/h3-4H,2H2,1H3,(H,11,12). The van der Waals surface area contributed by atoms with E-state index in [1.165, 1.54) is 12.1 Å². The molecular weight excluding hydrogens is 226 g/mol. The molecule has 14 heavy (non-hydrogen) atoms. The van der Waals surface area contributed by atoms with Crippen LogP contribution < -0.4 is 0 Å². The maximum Gasteiger partial charge on any atom is 0.355 e. The summed E-state index contributed by atoms with van der Waals surface area (Å²) in [6.07, 6.45) is 0. The molecule has 1 rings (SSSR count). The van der Waals surface area contributed by atoms with E-state index in [1.807, 2.05) is 0 Å². The number of rotatable bonds is 3. The smallest absolute Gasteiger partial charge is 0.355 e. The average molecular weight is 234 g/mol. The van der Waals surface area contributed by atoms with Crippen LogP contribution in [-0.4, -0.2) is 26.0 Å². The molecule has 1 aromatic heterocycles. The molecular formula is C8H8ClNO3S. The maximum absolute atomic E-state index is 11.4. The largest absolute Gasteiger partial charge is 0.476 e. The normalized spacial score (nSPS) is 12.4. The minimum Gasteiger partial charge on any atom is -0.476 e. The van der Waals surface area contributed by atoms with Crippen LogP contribution in [0.15, 0.2) is 17.0 Å². The first-order valence-electron chi connectivity index (χ1n) is 3.84. The summed E-state index contributed by atoms with van der Waals surface area (Å²) < 4.78 is 11.4. The fraction of sp³-hybridized carbons (Fsp3) is 0.250. The van der Waals surface area contributed by atoms with Gasteiger partial charge in [0.05, 0.1) is 15.7 Å². The van der Waals surface area contributed by atoms with Gasteiger partial charge in [0.2, 0.25) is 0 Å². The van der Waals surface area contributed by atoms with Crippen molar-refractivity contribution in [3.05, 3.63) is 23.0 Å². The van der Waals surface area contributed by atoms with Crippen LogP contribution in [0.25, 0.3) is 0 Å². The van der Waals surface area contributed by atoms with Crippen molar-refractivity contribution in [1.82, 2.24) is 4.98 Å². The summed E-state index contributed by atoms with van der Waals surface area (Å²) in [5, 5.41) is 8.86. The van der Waals surface area contributed by atoms with Gasteiger partial charge in [-0.2, -0.15) is 0 Å². The molecule has 0 amide bonds. The zero-order valence-corrected chi connectivity index (χ0v) is 8.93. The molecule has 1 atom stereocenters. The topological polar surface area (TPSA) is 67.3 Å². The lowest BCUT2D eigenvalue weighted by molar-refractivity contribution is 0.0686. The molecule has 0 spiro atoms. The van der Waals surface area contributed by atoms with Crippen molar-refractivity contribution in [3.8, 4) is 0 Å². The summed E-state index contributed by atoms with van der Waals surface area (Å²) in [4.78, 5) is 14.6. The van der Waals surface area contributed by atoms with E-state index in [2.05, 4.69) is 4.98 Å². The molecule has 0 aliphatic rings. The summed E-state index contributed by atoms with van der Waals surface area (Å²) in [5.74, 6) is -0.867. The van der Waals surface area contributed by atoms with Crippen LogP contribution in [0.4, 0.5) is 0 Å². The lowest BCUT2D eigenvalue weighted by Gasteiger charge is -2.03. The second-order valence-corrected chi connectivity index (χ2v) is 4.52. The van der Waals surface area contributed by atoms with E-state index >= 15 is 0 Å². The third-order valence-corrected chi connectivity index (χ3v) is 3.09. The van der Waals surface area contributed by atoms with Crippen LogP contribution >= 0.6 is 11.6 Å². The van der Waals surface area contributed by atoms with Crippen LogP contribution in [0.3, 0.4) is 0 Å². The van der Waals surface area contributed by atoms with Gasteiger partial charge in [0, 0.05) is 5.75 Å². The van der Waals surface area contributed by atoms with Gasteiger partial charge in [0.1, 0.15) is 5.15 Å². The van der Waals surface area contributed by atoms with Crippen molar-refractivity contribution < 1.29 is 14.1 Å². The van der Waals surface area contributed by atoms with E-state index in [1.54, 1.807) is 6.92 Å². The van der Waals surface area contributed by atoms with Crippen molar-refractivity contribution in [1.29, 1.82) is 0 Å². The summed E-state index contributed by atoms with van der Waals surface area (Å²) in [5.41, 5.74) is -0.238. The lowest BCUT2D eigenvalue weighted by atomic mass is 10.3. The summed E-state index contributed by atoms with van der Waals surface area (Å²) in [6, 6.07) is 2.86. The number of carbonyl (C=O) groups is 1. The molecule has 0 fully saturated rings. The molecule has 76 valence electrons. The van der Waals surface area contributed by atoms with E-state index in [9.17, 15) is 9.00 Å². The van der Waals surface area contributed by atoms with Gasteiger partial charge in [-0.05, 0) is 12.1 Å². The Labute approximate surface area is 88.4 Å². The minimum atomic E-state index is -1.33. The number of carboxylic acid groups (broad SMARTS) is 1. The molecule has 0 saturated carbocycles. The Morgan fingerprint density at radius 2 is 2.29 bits per heavy atom. The average Bonchev–Trinajstić information content (AvgIpc) is 2.16. The predicted octanol–water partition coefficient (Wildman–Crippen LogP) is 1.56. The highest BCUT2D eigenvalue weighted by Crippen LogP contribution is 2.15. The predicted molar refractivity (Wildman–Crippen MR) is 53.2 cm³/mol. The number of carboxylic acids is 1. The highest BCUT2D eigenvalue weighted by atomic mass is 35.5. The fourth-order valence-corrected chi connectivity index (χ4v) is 1.94. The third-order valence-electron chi connectivity index (χ3n) is 1.53. The SMILES string of the molecule is CCS(=O)c1ccc(Cl)nc1C(=O)O. The molecule has 0 radical (unpaired) electrons. The summed E-state index contributed by atoms with van der Waals surface area (Å²) >= 11 is 5.54. The number of hydrogen-bond donors (Lipinski definition) is 1. The van der Waals surface area contributed by atoms with E-state index in [4.69, 9.17) is 16.7 Å². The Hall–Kier alpha value is -0.940. The number of aromatic carboxylic acids is 1. The zero-order valence-electron chi connectivity index (χ0n) is 7.36. The molecule has 1 unspecified atom stereocenters. The number of nitrogens with zero attached hydrogens (tertiary/aromatic N) is 1. The first kappa shape index (κ1) is 11.1. The number of halogens is 1. The van der Waals surface area contributed by atoms with Gasteiger partial charge in [0.25, 0.3) is 0 Å². The van der Waals surface area contributed by atoms with E-state index < -0.39 is 16.8 Å².